The van der Waals surface area contributed by atoms with Crippen molar-refractivity contribution in [2.75, 3.05) is 19.7 Å². The Morgan fingerprint density at radius 3 is 2.50 bits per heavy atom. The molecule has 2 amide bonds. The van der Waals surface area contributed by atoms with Crippen LogP contribution in [0.3, 0.4) is 0 Å². The maximum Gasteiger partial charge on any atom is 0.400 e. The molecule has 202 valence electrons. The number of aryl methyl sites for hydroxylation is 1. The highest BCUT2D eigenvalue weighted by Crippen LogP contribution is 2.48. The predicted molar refractivity (Wildman–Crippen MR) is 138 cm³/mol. The lowest BCUT2D eigenvalue weighted by Gasteiger charge is -2.31. The SMILES string of the molecule is Cc1cc(C2=NCC(c3cc(Cl)cc(Cl)c3)(C(F)(F)F)C2)ccc1C(=O)N[C@@H]1CON(CC2CCC2)C1=O. The van der Waals surface area contributed by atoms with Crippen LogP contribution in [0.2, 0.25) is 10.0 Å². The summed E-state index contributed by atoms with van der Waals surface area (Å²) in [5.74, 6) is -0.286. The Bertz CT molecular complexity index is 1290. The minimum Gasteiger partial charge on any atom is -0.338 e. The second-order valence-electron chi connectivity index (χ2n) is 10.2. The van der Waals surface area contributed by atoms with Gasteiger partial charge in [0, 0.05) is 27.7 Å². The van der Waals surface area contributed by atoms with E-state index in [-0.39, 0.29) is 40.3 Å². The van der Waals surface area contributed by atoms with Gasteiger partial charge in [-0.05, 0) is 72.7 Å². The Morgan fingerprint density at radius 1 is 1.18 bits per heavy atom. The van der Waals surface area contributed by atoms with Gasteiger partial charge in [-0.3, -0.25) is 19.4 Å². The van der Waals surface area contributed by atoms with Crippen molar-refractivity contribution < 1.29 is 27.6 Å². The van der Waals surface area contributed by atoms with E-state index in [4.69, 9.17) is 28.0 Å². The number of amides is 2. The lowest BCUT2D eigenvalue weighted by molar-refractivity contribution is -0.183. The molecular formula is C27H26Cl2F3N3O3. The highest BCUT2D eigenvalue weighted by Gasteiger charge is 2.58. The Hall–Kier alpha value is -2.62. The monoisotopic (exact) mass is 567 g/mol. The molecule has 3 aliphatic rings. The molecule has 0 bridgehead atoms. The second-order valence-corrected chi connectivity index (χ2v) is 11.1. The predicted octanol–water partition coefficient (Wildman–Crippen LogP) is 5.67. The van der Waals surface area contributed by atoms with Crippen LogP contribution in [0.4, 0.5) is 13.2 Å². The average Bonchev–Trinajstić information content (AvgIpc) is 3.41. The lowest BCUT2D eigenvalue weighted by atomic mass is 9.76. The van der Waals surface area contributed by atoms with Gasteiger partial charge >= 0.3 is 6.18 Å². The molecule has 0 spiro atoms. The molecule has 1 saturated heterocycles. The summed E-state index contributed by atoms with van der Waals surface area (Å²) in [5.41, 5.74) is -0.653. The number of nitrogens with one attached hydrogen (secondary N) is 1. The number of hydrogen-bond acceptors (Lipinski definition) is 4. The summed E-state index contributed by atoms with van der Waals surface area (Å²) in [4.78, 5) is 35.3. The van der Waals surface area contributed by atoms with Crippen molar-refractivity contribution in [3.8, 4) is 0 Å². The molecular weight excluding hydrogens is 542 g/mol. The largest absolute Gasteiger partial charge is 0.400 e. The van der Waals surface area contributed by atoms with Gasteiger partial charge in [0.15, 0.2) is 0 Å². The molecule has 2 aliphatic heterocycles. The zero-order chi connectivity index (χ0) is 27.2. The van der Waals surface area contributed by atoms with Gasteiger partial charge < -0.3 is 5.32 Å². The number of aliphatic imine (C=N–C) groups is 1. The van der Waals surface area contributed by atoms with Crippen molar-refractivity contribution in [2.45, 2.75) is 50.2 Å². The van der Waals surface area contributed by atoms with Crippen LogP contribution >= 0.6 is 23.2 Å². The van der Waals surface area contributed by atoms with E-state index in [0.717, 1.165) is 19.3 Å². The van der Waals surface area contributed by atoms with Crippen molar-refractivity contribution in [2.24, 2.45) is 10.9 Å². The van der Waals surface area contributed by atoms with E-state index in [1.165, 1.54) is 23.3 Å². The number of nitrogens with zero attached hydrogens (tertiary/aromatic N) is 2. The molecule has 2 heterocycles. The first kappa shape index (κ1) is 27.0. The molecule has 6 nitrogen and oxygen atoms in total. The number of rotatable bonds is 6. The summed E-state index contributed by atoms with van der Waals surface area (Å²) in [6.45, 7) is 1.79. The zero-order valence-electron chi connectivity index (χ0n) is 20.6. The fourth-order valence-corrected chi connectivity index (χ4v) is 5.69. The topological polar surface area (TPSA) is 71.0 Å². The van der Waals surface area contributed by atoms with Crippen molar-refractivity contribution >= 4 is 40.7 Å². The number of halogens is 5. The molecule has 1 aliphatic carbocycles. The van der Waals surface area contributed by atoms with E-state index in [1.807, 2.05) is 0 Å². The molecule has 38 heavy (non-hydrogen) atoms. The summed E-state index contributed by atoms with van der Waals surface area (Å²) in [6.07, 6.45) is -1.69. The van der Waals surface area contributed by atoms with Gasteiger partial charge in [0.05, 0.1) is 13.1 Å². The normalized spacial score (nSPS) is 23.9. The molecule has 1 saturated carbocycles. The molecule has 1 unspecified atom stereocenters. The molecule has 2 fully saturated rings. The Labute approximate surface area is 228 Å². The van der Waals surface area contributed by atoms with E-state index in [2.05, 4.69) is 10.3 Å². The molecule has 2 aromatic rings. The third kappa shape index (κ3) is 5.03. The van der Waals surface area contributed by atoms with Crippen LogP contribution in [0, 0.1) is 12.8 Å². The summed E-state index contributed by atoms with van der Waals surface area (Å²) in [6, 6.07) is 7.92. The van der Waals surface area contributed by atoms with E-state index in [0.29, 0.717) is 29.2 Å². The first-order valence-corrected chi connectivity index (χ1v) is 13.2. The summed E-state index contributed by atoms with van der Waals surface area (Å²) in [7, 11) is 0. The molecule has 2 aromatic carbocycles. The average molecular weight is 568 g/mol. The fourth-order valence-electron chi connectivity index (χ4n) is 5.16. The third-order valence-electron chi connectivity index (χ3n) is 7.67. The van der Waals surface area contributed by atoms with E-state index in [9.17, 15) is 22.8 Å². The van der Waals surface area contributed by atoms with Gasteiger partial charge in [-0.2, -0.15) is 13.2 Å². The maximum absolute atomic E-state index is 14.4. The minimum absolute atomic E-state index is 0.0382. The third-order valence-corrected chi connectivity index (χ3v) is 8.10. The van der Waals surface area contributed by atoms with E-state index >= 15 is 0 Å². The molecule has 11 heteroatoms. The number of carbonyl (C=O) groups is 2. The summed E-state index contributed by atoms with van der Waals surface area (Å²) in [5, 5.41) is 4.29. The Kier molecular flexibility index (Phi) is 7.22. The van der Waals surface area contributed by atoms with Crippen molar-refractivity contribution in [1.82, 2.24) is 10.4 Å². The van der Waals surface area contributed by atoms with Crippen LogP contribution in [-0.2, 0) is 15.0 Å². The van der Waals surface area contributed by atoms with Crippen molar-refractivity contribution in [1.29, 1.82) is 0 Å². The summed E-state index contributed by atoms with van der Waals surface area (Å²) >= 11 is 12.0. The number of carbonyl (C=O) groups excluding carboxylic acids is 2. The highest BCUT2D eigenvalue weighted by molar-refractivity contribution is 6.34. The molecule has 1 N–H and O–H groups in total. The van der Waals surface area contributed by atoms with Crippen molar-refractivity contribution in [3.05, 3.63) is 68.7 Å². The smallest absolute Gasteiger partial charge is 0.338 e. The van der Waals surface area contributed by atoms with E-state index < -0.39 is 30.1 Å². The standard InChI is InChI=1S/C27H26Cl2F3N3O3/c1-15-7-17(22-11-26(14-33-22,27(30,31)32)18-8-19(28)10-20(29)9-18)5-6-21(15)24(36)34-23-13-38-35(25(23)37)12-16-3-2-4-16/h5-10,16,23H,2-4,11-14H2,1H3,(H,34,36)/t23-,26?/m1/s1. The molecule has 2 atom stereocenters. The van der Waals surface area contributed by atoms with Gasteiger partial charge in [-0.25, -0.2) is 5.06 Å². The van der Waals surface area contributed by atoms with Gasteiger partial charge in [0.1, 0.15) is 18.1 Å². The zero-order valence-corrected chi connectivity index (χ0v) is 22.1. The van der Waals surface area contributed by atoms with Crippen molar-refractivity contribution in [3.63, 3.8) is 0 Å². The quantitative estimate of drug-likeness (QED) is 0.489. The summed E-state index contributed by atoms with van der Waals surface area (Å²) < 4.78 is 43.2. The van der Waals surface area contributed by atoms with Gasteiger partial charge in [-0.1, -0.05) is 35.7 Å². The molecule has 5 rings (SSSR count). The molecule has 0 aromatic heterocycles. The first-order valence-electron chi connectivity index (χ1n) is 12.4. The fraction of sp³-hybridized carbons (Fsp3) is 0.444. The van der Waals surface area contributed by atoms with Crippen LogP contribution in [0.25, 0.3) is 0 Å². The van der Waals surface area contributed by atoms with Crippen LogP contribution in [0.15, 0.2) is 41.4 Å². The Balaban J connectivity index is 1.30. The Morgan fingerprint density at radius 2 is 1.89 bits per heavy atom. The minimum atomic E-state index is -4.59. The molecule has 0 radical (unpaired) electrons. The van der Waals surface area contributed by atoms with Crippen LogP contribution in [-0.4, -0.2) is 54.5 Å². The first-order chi connectivity index (χ1) is 18.0. The number of hydroxylamine groups is 2. The van der Waals surface area contributed by atoms with Crippen LogP contribution in [0.5, 0.6) is 0 Å². The van der Waals surface area contributed by atoms with Gasteiger partial charge in [0.25, 0.3) is 11.8 Å². The van der Waals surface area contributed by atoms with Crippen LogP contribution in [0.1, 0.15) is 52.7 Å². The number of alkyl halides is 3. The lowest BCUT2D eigenvalue weighted by Crippen LogP contribution is -2.44. The highest BCUT2D eigenvalue weighted by atomic mass is 35.5. The second kappa shape index (κ2) is 10.2. The number of benzene rings is 2. The maximum atomic E-state index is 14.4. The van der Waals surface area contributed by atoms with Gasteiger partial charge in [-0.15, -0.1) is 0 Å². The number of hydrogen-bond donors (Lipinski definition) is 1. The van der Waals surface area contributed by atoms with Crippen LogP contribution < -0.4 is 5.32 Å². The van der Waals surface area contributed by atoms with Gasteiger partial charge in [0.2, 0.25) is 0 Å². The van der Waals surface area contributed by atoms with E-state index in [1.54, 1.807) is 25.1 Å².